The number of hydrogen-bond acceptors (Lipinski definition) is 4. The number of aliphatic hydroxyl groups is 1. The van der Waals surface area contributed by atoms with Crippen LogP contribution in [0.3, 0.4) is 0 Å². The zero-order valence-corrected chi connectivity index (χ0v) is 14.7. The molecule has 1 rings (SSSR count). The molecule has 2 N–H and O–H groups in total. The zero-order valence-electron chi connectivity index (χ0n) is 13.9. The molecule has 1 atom stereocenters. The molecule has 0 aliphatic heterocycles. The predicted octanol–water partition coefficient (Wildman–Crippen LogP) is 1.58. The molecule has 0 aliphatic carbocycles. The predicted molar refractivity (Wildman–Crippen MR) is 91.7 cm³/mol. The number of Topliss-reactive ketones (excluding diaryl/α,β-unsaturated/α-hetero) is 1. The monoisotopic (exact) mass is 340 g/mol. The van der Waals surface area contributed by atoms with Crippen LogP contribution in [0.1, 0.15) is 25.0 Å². The Labute approximate surface area is 142 Å². The summed E-state index contributed by atoms with van der Waals surface area (Å²) >= 11 is 5.93. The highest BCUT2D eigenvalue weighted by Crippen LogP contribution is 2.16. The molecule has 1 aromatic rings. The van der Waals surface area contributed by atoms with Crippen molar-refractivity contribution in [1.82, 2.24) is 10.2 Å². The average Bonchev–Trinajstić information content (AvgIpc) is 2.53. The number of likely N-dealkylation sites (N-methyl/N-ethyl adjacent to an activating group) is 1. The summed E-state index contributed by atoms with van der Waals surface area (Å²) in [4.78, 5) is 25.8. The van der Waals surface area contributed by atoms with E-state index in [4.69, 9.17) is 11.6 Å². The second kappa shape index (κ2) is 9.65. The lowest BCUT2D eigenvalue weighted by molar-refractivity contribution is -0.137. The maximum Gasteiger partial charge on any atom is 0.287 e. The average molecular weight is 341 g/mol. The van der Waals surface area contributed by atoms with E-state index in [0.29, 0.717) is 11.6 Å². The van der Waals surface area contributed by atoms with Gasteiger partial charge in [-0.25, -0.2) is 0 Å². The molecule has 6 heteroatoms. The topological polar surface area (TPSA) is 69.6 Å². The zero-order chi connectivity index (χ0) is 17.4. The number of ketones is 1. The van der Waals surface area contributed by atoms with E-state index in [9.17, 15) is 14.7 Å². The fraction of sp³-hybridized carbons (Fsp3) is 0.529. The van der Waals surface area contributed by atoms with Gasteiger partial charge in [-0.05, 0) is 37.2 Å². The van der Waals surface area contributed by atoms with Crippen LogP contribution < -0.4 is 5.32 Å². The standard InChI is InChI=1S/C17H25ClN2O3/c1-4-20(5-2)11-14(21)10-19-17(23)16(22)9-13-6-7-15(18)12(3)8-13/h6-8,14,21H,4-5,9-11H2,1-3H3,(H,19,23). The van der Waals surface area contributed by atoms with E-state index in [0.717, 1.165) is 24.2 Å². The van der Waals surface area contributed by atoms with E-state index in [1.54, 1.807) is 18.2 Å². The summed E-state index contributed by atoms with van der Waals surface area (Å²) < 4.78 is 0. The third kappa shape index (κ3) is 6.69. The van der Waals surface area contributed by atoms with E-state index in [2.05, 4.69) is 10.2 Å². The van der Waals surface area contributed by atoms with Crippen molar-refractivity contribution in [2.24, 2.45) is 0 Å². The Morgan fingerprint density at radius 2 is 1.96 bits per heavy atom. The van der Waals surface area contributed by atoms with Crippen LogP contribution >= 0.6 is 11.6 Å². The molecular formula is C17H25ClN2O3. The van der Waals surface area contributed by atoms with Crippen LogP contribution in [-0.4, -0.2) is 54.0 Å². The lowest BCUT2D eigenvalue weighted by Gasteiger charge is -2.21. The number of nitrogens with one attached hydrogen (secondary N) is 1. The van der Waals surface area contributed by atoms with Crippen molar-refractivity contribution in [3.8, 4) is 0 Å². The van der Waals surface area contributed by atoms with Gasteiger partial charge in [0.25, 0.3) is 5.91 Å². The molecule has 0 saturated carbocycles. The van der Waals surface area contributed by atoms with Crippen LogP contribution in [0, 0.1) is 6.92 Å². The first-order valence-corrected chi connectivity index (χ1v) is 8.21. The molecule has 23 heavy (non-hydrogen) atoms. The van der Waals surface area contributed by atoms with Crippen molar-refractivity contribution in [3.05, 3.63) is 34.3 Å². The number of carbonyl (C=O) groups is 2. The normalized spacial score (nSPS) is 12.3. The number of aliphatic hydroxyl groups excluding tert-OH is 1. The molecule has 0 radical (unpaired) electrons. The minimum absolute atomic E-state index is 0.0238. The summed E-state index contributed by atoms with van der Waals surface area (Å²) in [6.07, 6.45) is -0.667. The van der Waals surface area contributed by atoms with Crippen LogP contribution in [0.15, 0.2) is 18.2 Å². The third-order valence-corrected chi connectivity index (χ3v) is 4.13. The highest BCUT2D eigenvalue weighted by molar-refractivity contribution is 6.36. The first-order valence-electron chi connectivity index (χ1n) is 7.83. The van der Waals surface area contributed by atoms with Crippen molar-refractivity contribution in [1.29, 1.82) is 0 Å². The summed E-state index contributed by atoms with van der Waals surface area (Å²) in [5, 5.41) is 13.0. The van der Waals surface area contributed by atoms with Gasteiger partial charge >= 0.3 is 0 Å². The first-order chi connectivity index (χ1) is 10.9. The number of hydrogen-bond donors (Lipinski definition) is 2. The maximum atomic E-state index is 11.9. The largest absolute Gasteiger partial charge is 0.390 e. The number of nitrogens with zero attached hydrogens (tertiary/aromatic N) is 1. The summed E-state index contributed by atoms with van der Waals surface area (Å²) in [5.74, 6) is -1.20. The summed E-state index contributed by atoms with van der Waals surface area (Å²) in [5.41, 5.74) is 1.61. The fourth-order valence-corrected chi connectivity index (χ4v) is 2.35. The van der Waals surface area contributed by atoms with Crippen LogP contribution in [-0.2, 0) is 16.0 Å². The van der Waals surface area contributed by atoms with E-state index in [1.165, 1.54) is 0 Å². The number of rotatable bonds is 9. The van der Waals surface area contributed by atoms with Gasteiger partial charge < -0.3 is 15.3 Å². The molecule has 1 aromatic carbocycles. The lowest BCUT2D eigenvalue weighted by atomic mass is 10.1. The van der Waals surface area contributed by atoms with Crippen molar-refractivity contribution in [2.75, 3.05) is 26.2 Å². The van der Waals surface area contributed by atoms with Gasteiger partial charge in [0, 0.05) is 24.5 Å². The van der Waals surface area contributed by atoms with Crippen LogP contribution in [0.25, 0.3) is 0 Å². The Kier molecular flexibility index (Phi) is 8.23. The van der Waals surface area contributed by atoms with Crippen LogP contribution in [0.4, 0.5) is 0 Å². The molecule has 1 amide bonds. The quantitative estimate of drug-likeness (QED) is 0.670. The van der Waals surface area contributed by atoms with Gasteiger partial charge in [0.05, 0.1) is 6.10 Å². The van der Waals surface area contributed by atoms with Crippen molar-refractivity contribution < 1.29 is 14.7 Å². The molecular weight excluding hydrogens is 316 g/mol. The summed E-state index contributed by atoms with van der Waals surface area (Å²) in [6.45, 7) is 8.06. The van der Waals surface area contributed by atoms with Gasteiger partial charge in [-0.15, -0.1) is 0 Å². The van der Waals surface area contributed by atoms with Gasteiger partial charge in [-0.2, -0.15) is 0 Å². The number of aryl methyl sites for hydroxylation is 1. The molecule has 0 spiro atoms. The Morgan fingerprint density at radius 3 is 2.52 bits per heavy atom. The summed E-state index contributed by atoms with van der Waals surface area (Å²) in [7, 11) is 0. The van der Waals surface area contributed by atoms with Crippen LogP contribution in [0.5, 0.6) is 0 Å². The molecule has 0 bridgehead atoms. The summed E-state index contributed by atoms with van der Waals surface area (Å²) in [6, 6.07) is 5.24. The number of amides is 1. The molecule has 0 aliphatic rings. The second-order valence-electron chi connectivity index (χ2n) is 5.53. The van der Waals surface area contributed by atoms with E-state index < -0.39 is 17.8 Å². The highest BCUT2D eigenvalue weighted by atomic mass is 35.5. The number of benzene rings is 1. The van der Waals surface area contributed by atoms with E-state index in [1.807, 2.05) is 20.8 Å². The van der Waals surface area contributed by atoms with E-state index in [-0.39, 0.29) is 13.0 Å². The Hall–Kier alpha value is -1.43. The molecule has 1 unspecified atom stereocenters. The van der Waals surface area contributed by atoms with Crippen molar-refractivity contribution >= 4 is 23.3 Å². The highest BCUT2D eigenvalue weighted by Gasteiger charge is 2.16. The Bertz CT molecular complexity index is 545. The molecule has 0 aromatic heterocycles. The minimum atomic E-state index is -0.690. The first kappa shape index (κ1) is 19.6. The number of halogens is 1. The van der Waals surface area contributed by atoms with Gasteiger partial charge in [-0.3, -0.25) is 9.59 Å². The fourth-order valence-electron chi connectivity index (χ4n) is 2.24. The van der Waals surface area contributed by atoms with Gasteiger partial charge in [0.2, 0.25) is 5.78 Å². The Balaban J connectivity index is 2.44. The SMILES string of the molecule is CCN(CC)CC(O)CNC(=O)C(=O)Cc1ccc(Cl)c(C)c1. The van der Waals surface area contributed by atoms with Gasteiger partial charge in [-0.1, -0.05) is 37.6 Å². The third-order valence-electron chi connectivity index (χ3n) is 3.70. The maximum absolute atomic E-state index is 11.9. The molecule has 0 fully saturated rings. The second-order valence-corrected chi connectivity index (χ2v) is 5.94. The smallest absolute Gasteiger partial charge is 0.287 e. The van der Waals surface area contributed by atoms with Gasteiger partial charge in [0.15, 0.2) is 0 Å². The molecule has 128 valence electrons. The molecule has 5 nitrogen and oxygen atoms in total. The molecule has 0 saturated heterocycles. The van der Waals surface area contributed by atoms with E-state index >= 15 is 0 Å². The molecule has 0 heterocycles. The number of carbonyl (C=O) groups excluding carboxylic acids is 2. The van der Waals surface area contributed by atoms with Gasteiger partial charge in [0.1, 0.15) is 0 Å². The van der Waals surface area contributed by atoms with Crippen molar-refractivity contribution in [3.63, 3.8) is 0 Å². The van der Waals surface area contributed by atoms with Crippen LogP contribution in [0.2, 0.25) is 5.02 Å². The Morgan fingerprint density at radius 1 is 1.30 bits per heavy atom. The minimum Gasteiger partial charge on any atom is -0.390 e. The lowest BCUT2D eigenvalue weighted by Crippen LogP contribution is -2.42. The van der Waals surface area contributed by atoms with Crippen molar-refractivity contribution in [2.45, 2.75) is 33.3 Å².